The molecule has 2 rings (SSSR count). The molecule has 0 spiro atoms. The topological polar surface area (TPSA) is 48.4 Å². The summed E-state index contributed by atoms with van der Waals surface area (Å²) in [4.78, 5) is 15.7. The van der Waals surface area contributed by atoms with Gasteiger partial charge in [0.05, 0.1) is 26.2 Å². The lowest BCUT2D eigenvalue weighted by Gasteiger charge is -2.28. The summed E-state index contributed by atoms with van der Waals surface area (Å²) in [6, 6.07) is 3.72. The molecule has 0 aliphatic carbocycles. The predicted octanol–water partition coefficient (Wildman–Crippen LogP) is 1.37. The Bertz CT molecular complexity index is 349. The van der Waals surface area contributed by atoms with Crippen LogP contribution in [0.1, 0.15) is 17.9 Å². The molecule has 86 valence electrons. The molecule has 4 nitrogen and oxygen atoms in total. The lowest BCUT2D eigenvalue weighted by atomic mass is 9.88. The van der Waals surface area contributed by atoms with Crippen molar-refractivity contribution in [2.24, 2.45) is 5.92 Å². The van der Waals surface area contributed by atoms with Crippen LogP contribution in [0.5, 0.6) is 0 Å². The van der Waals surface area contributed by atoms with E-state index in [0.29, 0.717) is 5.92 Å². The first kappa shape index (κ1) is 11.1. The summed E-state index contributed by atoms with van der Waals surface area (Å²) < 4.78 is 9.96. The number of hydrogen-bond donors (Lipinski definition) is 0. The smallest absolute Gasteiger partial charge is 0.313 e. The van der Waals surface area contributed by atoms with E-state index >= 15 is 0 Å². The molecule has 0 aromatic carbocycles. The van der Waals surface area contributed by atoms with Crippen LogP contribution < -0.4 is 0 Å². The summed E-state index contributed by atoms with van der Waals surface area (Å²) in [5.74, 6) is 0.0947. The van der Waals surface area contributed by atoms with Crippen LogP contribution in [0.25, 0.3) is 0 Å². The zero-order chi connectivity index (χ0) is 11.4. The monoisotopic (exact) mass is 221 g/mol. The van der Waals surface area contributed by atoms with Gasteiger partial charge in [-0.15, -0.1) is 0 Å². The Balaban J connectivity index is 2.10. The second kappa shape index (κ2) is 5.07. The highest BCUT2D eigenvalue weighted by Crippen LogP contribution is 2.28. The second-order valence-corrected chi connectivity index (χ2v) is 4.00. The first-order valence-electron chi connectivity index (χ1n) is 5.36. The van der Waals surface area contributed by atoms with Gasteiger partial charge in [-0.3, -0.25) is 9.78 Å². The SMILES string of the molecule is COC(=O)C(CC1COC1)c1ccncc1. The van der Waals surface area contributed by atoms with E-state index in [1.165, 1.54) is 7.11 Å². The molecule has 0 saturated carbocycles. The zero-order valence-electron chi connectivity index (χ0n) is 9.26. The first-order chi connectivity index (χ1) is 7.81. The Morgan fingerprint density at radius 2 is 2.25 bits per heavy atom. The number of esters is 1. The van der Waals surface area contributed by atoms with Crippen molar-refractivity contribution in [3.8, 4) is 0 Å². The van der Waals surface area contributed by atoms with Gasteiger partial charge in [-0.05, 0) is 24.1 Å². The van der Waals surface area contributed by atoms with E-state index in [1.807, 2.05) is 12.1 Å². The number of aromatic nitrogens is 1. The van der Waals surface area contributed by atoms with Gasteiger partial charge in [0.2, 0.25) is 0 Å². The number of rotatable bonds is 4. The van der Waals surface area contributed by atoms with Crippen molar-refractivity contribution in [2.45, 2.75) is 12.3 Å². The largest absolute Gasteiger partial charge is 0.469 e. The summed E-state index contributed by atoms with van der Waals surface area (Å²) in [6.07, 6.45) is 4.18. The molecule has 1 aromatic rings. The molecule has 1 aromatic heterocycles. The molecule has 16 heavy (non-hydrogen) atoms. The van der Waals surface area contributed by atoms with Crippen molar-refractivity contribution in [3.05, 3.63) is 30.1 Å². The first-order valence-corrected chi connectivity index (χ1v) is 5.36. The lowest BCUT2D eigenvalue weighted by molar-refractivity contribution is -0.144. The molecule has 0 N–H and O–H groups in total. The number of ether oxygens (including phenoxy) is 2. The van der Waals surface area contributed by atoms with E-state index in [0.717, 1.165) is 25.2 Å². The normalized spacial score (nSPS) is 17.6. The molecule has 4 heteroatoms. The summed E-state index contributed by atoms with van der Waals surface area (Å²) in [7, 11) is 1.42. The molecule has 1 aliphatic heterocycles. The van der Waals surface area contributed by atoms with Crippen LogP contribution in [0.2, 0.25) is 0 Å². The van der Waals surface area contributed by atoms with Gasteiger partial charge in [0.15, 0.2) is 0 Å². The van der Waals surface area contributed by atoms with Crippen LogP contribution in [0.4, 0.5) is 0 Å². The van der Waals surface area contributed by atoms with Crippen molar-refractivity contribution in [2.75, 3.05) is 20.3 Å². The van der Waals surface area contributed by atoms with Gasteiger partial charge in [0, 0.05) is 18.3 Å². The number of carbonyl (C=O) groups is 1. The standard InChI is InChI=1S/C12H15NO3/c1-15-12(14)11(6-9-7-16-8-9)10-2-4-13-5-3-10/h2-5,9,11H,6-8H2,1H3. The van der Waals surface area contributed by atoms with Crippen molar-refractivity contribution in [1.82, 2.24) is 4.98 Å². The average Bonchev–Trinajstić information content (AvgIpc) is 2.28. The van der Waals surface area contributed by atoms with E-state index in [2.05, 4.69) is 4.98 Å². The third-order valence-electron chi connectivity index (χ3n) is 2.87. The number of carbonyl (C=O) groups excluding carboxylic acids is 1. The fraction of sp³-hybridized carbons (Fsp3) is 0.500. The molecule has 1 saturated heterocycles. The molecular weight excluding hydrogens is 206 g/mol. The van der Waals surface area contributed by atoms with Crippen LogP contribution in [0.3, 0.4) is 0 Å². The lowest BCUT2D eigenvalue weighted by Crippen LogP contribution is -2.31. The van der Waals surface area contributed by atoms with Crippen LogP contribution in [0.15, 0.2) is 24.5 Å². The van der Waals surface area contributed by atoms with Gasteiger partial charge in [0.1, 0.15) is 0 Å². The minimum Gasteiger partial charge on any atom is -0.469 e. The van der Waals surface area contributed by atoms with Gasteiger partial charge in [-0.25, -0.2) is 0 Å². The molecule has 0 amide bonds. The Hall–Kier alpha value is -1.42. The molecule has 1 fully saturated rings. The van der Waals surface area contributed by atoms with Crippen molar-refractivity contribution in [1.29, 1.82) is 0 Å². The maximum Gasteiger partial charge on any atom is 0.313 e. The fourth-order valence-electron chi connectivity index (χ4n) is 1.86. The summed E-state index contributed by atoms with van der Waals surface area (Å²) >= 11 is 0. The Kier molecular flexibility index (Phi) is 3.51. The molecule has 1 atom stereocenters. The van der Waals surface area contributed by atoms with E-state index in [1.54, 1.807) is 12.4 Å². The van der Waals surface area contributed by atoms with Gasteiger partial charge in [0.25, 0.3) is 0 Å². The van der Waals surface area contributed by atoms with E-state index in [-0.39, 0.29) is 11.9 Å². The van der Waals surface area contributed by atoms with Crippen molar-refractivity contribution in [3.63, 3.8) is 0 Å². The highest BCUT2D eigenvalue weighted by Gasteiger charge is 2.29. The molecule has 1 unspecified atom stereocenters. The van der Waals surface area contributed by atoms with Gasteiger partial charge >= 0.3 is 5.97 Å². The third kappa shape index (κ3) is 2.39. The fourth-order valence-corrected chi connectivity index (χ4v) is 1.86. The maximum absolute atomic E-state index is 11.7. The molecule has 2 heterocycles. The minimum absolute atomic E-state index is 0.182. The van der Waals surface area contributed by atoms with Crippen molar-refractivity contribution < 1.29 is 14.3 Å². The Labute approximate surface area is 94.6 Å². The number of nitrogens with zero attached hydrogens (tertiary/aromatic N) is 1. The molecule has 1 aliphatic rings. The minimum atomic E-state index is -0.193. The van der Waals surface area contributed by atoms with E-state index < -0.39 is 0 Å². The Morgan fingerprint density at radius 1 is 1.56 bits per heavy atom. The molecular formula is C12H15NO3. The molecule has 0 radical (unpaired) electrons. The van der Waals surface area contributed by atoms with Gasteiger partial charge in [-0.1, -0.05) is 0 Å². The van der Waals surface area contributed by atoms with Crippen LogP contribution >= 0.6 is 0 Å². The highest BCUT2D eigenvalue weighted by atomic mass is 16.5. The molecule has 0 bridgehead atoms. The van der Waals surface area contributed by atoms with Crippen LogP contribution in [0, 0.1) is 5.92 Å². The summed E-state index contributed by atoms with van der Waals surface area (Å²) in [6.45, 7) is 1.50. The zero-order valence-corrected chi connectivity index (χ0v) is 9.26. The number of hydrogen-bond acceptors (Lipinski definition) is 4. The van der Waals surface area contributed by atoms with Gasteiger partial charge < -0.3 is 9.47 Å². The van der Waals surface area contributed by atoms with E-state index in [9.17, 15) is 4.79 Å². The average molecular weight is 221 g/mol. The summed E-state index contributed by atoms with van der Waals surface area (Å²) in [5, 5.41) is 0. The van der Waals surface area contributed by atoms with Crippen LogP contribution in [-0.2, 0) is 14.3 Å². The highest BCUT2D eigenvalue weighted by molar-refractivity contribution is 5.77. The third-order valence-corrected chi connectivity index (χ3v) is 2.87. The summed E-state index contributed by atoms with van der Waals surface area (Å²) in [5.41, 5.74) is 0.966. The number of pyridine rings is 1. The quantitative estimate of drug-likeness (QED) is 0.720. The predicted molar refractivity (Wildman–Crippen MR) is 57.9 cm³/mol. The number of methoxy groups -OCH3 is 1. The second-order valence-electron chi connectivity index (χ2n) is 4.00. The van der Waals surface area contributed by atoms with Crippen molar-refractivity contribution >= 4 is 5.97 Å². The Morgan fingerprint density at radius 3 is 2.75 bits per heavy atom. The van der Waals surface area contributed by atoms with Crippen LogP contribution in [-0.4, -0.2) is 31.3 Å². The van der Waals surface area contributed by atoms with E-state index in [4.69, 9.17) is 9.47 Å². The maximum atomic E-state index is 11.7. The van der Waals surface area contributed by atoms with Gasteiger partial charge in [-0.2, -0.15) is 0 Å².